The van der Waals surface area contributed by atoms with Crippen LogP contribution in [0.4, 0.5) is 42.4 Å². The molecule has 0 radical (unpaired) electrons. The van der Waals surface area contributed by atoms with Crippen LogP contribution in [0.25, 0.3) is 11.3 Å². The van der Waals surface area contributed by atoms with Gasteiger partial charge in [-0.1, -0.05) is 48.5 Å². The molecule has 8 nitrogen and oxygen atoms in total. The summed E-state index contributed by atoms with van der Waals surface area (Å²) in [6, 6.07) is 26.9. The third-order valence-electron chi connectivity index (χ3n) is 5.15. The van der Waals surface area contributed by atoms with E-state index in [0.29, 0.717) is 11.3 Å². The van der Waals surface area contributed by atoms with Crippen molar-refractivity contribution in [3.05, 3.63) is 108 Å². The lowest BCUT2D eigenvalue weighted by Crippen LogP contribution is -2.07. The van der Waals surface area contributed by atoms with Crippen LogP contribution in [-0.2, 0) is 6.18 Å². The molecule has 2 aromatic heterocycles. The number of nitrogens with zero attached hydrogens (tertiary/aromatic N) is 4. The number of para-hydroxylation sites is 2. The third kappa shape index (κ3) is 6.32. The first-order valence-electron chi connectivity index (χ1n) is 11.4. The highest BCUT2D eigenvalue weighted by Crippen LogP contribution is 2.32. The average molecular weight is 515 g/mol. The Bertz CT molecular complexity index is 1480. The Kier molecular flexibility index (Phi) is 6.98. The third-order valence-corrected chi connectivity index (χ3v) is 5.15. The SMILES string of the molecule is FC(F)(F)c1cccc(-c2ccc(/C=N\Nc3nc(Nc4ccccc4)nc(Nc4ccccc4)n3)o2)c1. The summed E-state index contributed by atoms with van der Waals surface area (Å²) in [4.78, 5) is 13.1. The fourth-order valence-corrected chi connectivity index (χ4v) is 3.42. The number of rotatable bonds is 8. The Balaban J connectivity index is 1.34. The minimum absolute atomic E-state index is 0.151. The lowest BCUT2D eigenvalue weighted by molar-refractivity contribution is -0.137. The predicted molar refractivity (Wildman–Crippen MR) is 140 cm³/mol. The molecule has 0 unspecified atom stereocenters. The van der Waals surface area contributed by atoms with Gasteiger partial charge in [-0.05, 0) is 48.5 Å². The maximum Gasteiger partial charge on any atom is 0.416 e. The van der Waals surface area contributed by atoms with Crippen molar-refractivity contribution in [3.63, 3.8) is 0 Å². The highest BCUT2D eigenvalue weighted by atomic mass is 19.4. The van der Waals surface area contributed by atoms with Crippen LogP contribution in [0.15, 0.2) is 107 Å². The summed E-state index contributed by atoms with van der Waals surface area (Å²) in [6.07, 6.45) is -3.07. The van der Waals surface area contributed by atoms with Gasteiger partial charge in [-0.25, -0.2) is 5.43 Å². The van der Waals surface area contributed by atoms with E-state index < -0.39 is 11.7 Å². The minimum atomic E-state index is -4.44. The summed E-state index contributed by atoms with van der Waals surface area (Å²) >= 11 is 0. The minimum Gasteiger partial charge on any atom is -0.455 e. The van der Waals surface area contributed by atoms with Crippen molar-refractivity contribution in [2.75, 3.05) is 16.1 Å². The van der Waals surface area contributed by atoms with Gasteiger partial charge in [-0.2, -0.15) is 33.2 Å². The van der Waals surface area contributed by atoms with Crippen LogP contribution in [0.1, 0.15) is 11.3 Å². The molecule has 3 aromatic carbocycles. The number of alkyl halides is 3. The molecule has 3 N–H and O–H groups in total. The van der Waals surface area contributed by atoms with Crippen LogP contribution in [0.2, 0.25) is 0 Å². The predicted octanol–water partition coefficient (Wildman–Crippen LogP) is 7.08. The molecule has 0 fully saturated rings. The van der Waals surface area contributed by atoms with Gasteiger partial charge in [-0.3, -0.25) is 0 Å². The highest BCUT2D eigenvalue weighted by Gasteiger charge is 2.30. The number of hydrogen-bond donors (Lipinski definition) is 3. The van der Waals surface area contributed by atoms with Gasteiger partial charge in [0, 0.05) is 16.9 Å². The molecule has 11 heteroatoms. The van der Waals surface area contributed by atoms with E-state index in [1.807, 2.05) is 60.7 Å². The fourth-order valence-electron chi connectivity index (χ4n) is 3.42. The summed E-state index contributed by atoms with van der Waals surface area (Å²) in [6.45, 7) is 0. The molecule has 0 atom stereocenters. The van der Waals surface area contributed by atoms with Crippen LogP contribution in [0.5, 0.6) is 0 Å². The fraction of sp³-hybridized carbons (Fsp3) is 0.0370. The molecular formula is C27H20F3N7O. The summed E-state index contributed by atoms with van der Waals surface area (Å²) < 4.78 is 44.7. The summed E-state index contributed by atoms with van der Waals surface area (Å²) in [5.41, 5.74) is 3.87. The molecule has 0 aliphatic heterocycles. The summed E-state index contributed by atoms with van der Waals surface area (Å²) in [5, 5.41) is 10.4. The van der Waals surface area contributed by atoms with Crippen LogP contribution in [-0.4, -0.2) is 21.2 Å². The molecule has 190 valence electrons. The zero-order chi connectivity index (χ0) is 26.4. The molecule has 0 spiro atoms. The second-order valence-corrected chi connectivity index (χ2v) is 7.94. The van der Waals surface area contributed by atoms with Crippen molar-refractivity contribution >= 4 is 35.4 Å². The van der Waals surface area contributed by atoms with Crippen molar-refractivity contribution in [2.45, 2.75) is 6.18 Å². The quantitative estimate of drug-likeness (QED) is 0.150. The molecule has 0 saturated heterocycles. The van der Waals surface area contributed by atoms with E-state index in [1.165, 1.54) is 12.3 Å². The number of hydrazone groups is 1. The van der Waals surface area contributed by atoms with Gasteiger partial charge >= 0.3 is 6.18 Å². The second kappa shape index (κ2) is 10.8. The molecule has 0 bridgehead atoms. The largest absolute Gasteiger partial charge is 0.455 e. The van der Waals surface area contributed by atoms with Gasteiger partial charge in [0.25, 0.3) is 0 Å². The average Bonchev–Trinajstić information content (AvgIpc) is 3.38. The summed E-state index contributed by atoms with van der Waals surface area (Å²) in [7, 11) is 0. The maximum absolute atomic E-state index is 13.0. The standard InChI is InChI=1S/C27H20F3N7O/c28-27(29,30)19-9-7-8-18(16-19)23-15-14-22(38-23)17-31-37-26-35-24(32-20-10-3-1-4-11-20)34-25(36-26)33-21-12-5-2-6-13-21/h1-17H,(H3,32,33,34,35,36,37)/b31-17-. The molecular weight excluding hydrogens is 495 g/mol. The number of furan rings is 1. The maximum atomic E-state index is 13.0. The van der Waals surface area contributed by atoms with Gasteiger partial charge in [0.1, 0.15) is 11.5 Å². The molecule has 2 heterocycles. The molecule has 0 aliphatic rings. The second-order valence-electron chi connectivity index (χ2n) is 7.94. The smallest absolute Gasteiger partial charge is 0.416 e. The molecule has 0 aliphatic carbocycles. The Morgan fingerprint density at radius 2 is 1.29 bits per heavy atom. The Morgan fingerprint density at radius 3 is 1.89 bits per heavy atom. The van der Waals surface area contributed by atoms with Crippen LogP contribution < -0.4 is 16.1 Å². The Hall–Kier alpha value is -5.19. The van der Waals surface area contributed by atoms with E-state index in [2.05, 4.69) is 36.1 Å². The highest BCUT2D eigenvalue weighted by molar-refractivity contribution is 5.78. The van der Waals surface area contributed by atoms with E-state index in [4.69, 9.17) is 4.42 Å². The summed E-state index contributed by atoms with van der Waals surface area (Å²) in [5.74, 6) is 1.32. The lowest BCUT2D eigenvalue weighted by atomic mass is 10.1. The number of anilines is 5. The van der Waals surface area contributed by atoms with Crippen LogP contribution in [0.3, 0.4) is 0 Å². The van der Waals surface area contributed by atoms with Gasteiger partial charge in [-0.15, -0.1) is 0 Å². The zero-order valence-corrected chi connectivity index (χ0v) is 19.6. The van der Waals surface area contributed by atoms with Gasteiger partial charge in [0.15, 0.2) is 0 Å². The monoisotopic (exact) mass is 515 g/mol. The zero-order valence-electron chi connectivity index (χ0n) is 19.6. The Morgan fingerprint density at radius 1 is 0.684 bits per heavy atom. The van der Waals surface area contributed by atoms with E-state index >= 15 is 0 Å². The van der Waals surface area contributed by atoms with Gasteiger partial charge < -0.3 is 15.1 Å². The molecule has 0 saturated carbocycles. The van der Waals surface area contributed by atoms with E-state index in [0.717, 1.165) is 23.5 Å². The van der Waals surface area contributed by atoms with E-state index in [-0.39, 0.29) is 23.6 Å². The molecule has 0 amide bonds. The topological polar surface area (TPSA) is 100 Å². The van der Waals surface area contributed by atoms with Gasteiger partial charge in [0.05, 0.1) is 11.8 Å². The normalized spacial score (nSPS) is 11.4. The number of hydrogen-bond acceptors (Lipinski definition) is 8. The number of halogens is 3. The van der Waals surface area contributed by atoms with Crippen molar-refractivity contribution in [3.8, 4) is 11.3 Å². The van der Waals surface area contributed by atoms with E-state index in [9.17, 15) is 13.2 Å². The number of aromatic nitrogens is 3. The van der Waals surface area contributed by atoms with Crippen molar-refractivity contribution in [1.29, 1.82) is 0 Å². The first-order chi connectivity index (χ1) is 18.4. The first-order valence-corrected chi connectivity index (χ1v) is 11.4. The van der Waals surface area contributed by atoms with E-state index in [1.54, 1.807) is 18.2 Å². The first kappa shape index (κ1) is 24.5. The molecule has 5 aromatic rings. The van der Waals surface area contributed by atoms with Gasteiger partial charge in [0.2, 0.25) is 17.8 Å². The van der Waals surface area contributed by atoms with Crippen LogP contribution in [0, 0.1) is 0 Å². The van der Waals surface area contributed by atoms with Crippen molar-refractivity contribution < 1.29 is 17.6 Å². The van der Waals surface area contributed by atoms with Crippen LogP contribution >= 0.6 is 0 Å². The molecule has 5 rings (SSSR count). The van der Waals surface area contributed by atoms with Crippen molar-refractivity contribution in [2.24, 2.45) is 5.10 Å². The number of benzene rings is 3. The van der Waals surface area contributed by atoms with Crippen molar-refractivity contribution in [1.82, 2.24) is 15.0 Å². The number of nitrogens with one attached hydrogen (secondary N) is 3. The lowest BCUT2D eigenvalue weighted by Gasteiger charge is -2.10. The molecule has 38 heavy (non-hydrogen) atoms. The Labute approximate surface area is 215 Å².